The summed E-state index contributed by atoms with van der Waals surface area (Å²) in [6.45, 7) is 0. The zero-order chi connectivity index (χ0) is 14.1. The van der Waals surface area contributed by atoms with Gasteiger partial charge in [-0.3, -0.25) is 0 Å². The van der Waals surface area contributed by atoms with Gasteiger partial charge in [-0.1, -0.05) is 5.16 Å². The highest BCUT2D eigenvalue weighted by molar-refractivity contribution is 5.99. The normalized spacial score (nSPS) is 11.4. The molecule has 7 nitrogen and oxygen atoms in total. The van der Waals surface area contributed by atoms with Crippen molar-refractivity contribution < 1.29 is 15.1 Å². The second kappa shape index (κ2) is 4.54. The van der Waals surface area contributed by atoms with Crippen molar-refractivity contribution in [3.63, 3.8) is 0 Å². The van der Waals surface area contributed by atoms with Gasteiger partial charge < -0.3 is 15.3 Å². The predicted molar refractivity (Wildman–Crippen MR) is 71.8 cm³/mol. The van der Waals surface area contributed by atoms with E-state index in [1.54, 1.807) is 6.20 Å². The highest BCUT2D eigenvalue weighted by Gasteiger charge is 2.09. The average Bonchev–Trinajstić information content (AvgIpc) is 3.06. The average molecular weight is 270 g/mol. The molecule has 0 aliphatic heterocycles. The molecule has 100 valence electrons. The lowest BCUT2D eigenvalue weighted by Crippen LogP contribution is -1.95. The Morgan fingerprint density at radius 2 is 2.30 bits per heavy atom. The Kier molecular flexibility index (Phi) is 2.72. The van der Waals surface area contributed by atoms with Crippen LogP contribution in [0.1, 0.15) is 15.9 Å². The van der Waals surface area contributed by atoms with E-state index in [-0.39, 0.29) is 5.56 Å². The van der Waals surface area contributed by atoms with E-state index >= 15 is 0 Å². The van der Waals surface area contributed by atoms with Crippen molar-refractivity contribution in [3.8, 4) is 5.69 Å². The third kappa shape index (κ3) is 1.91. The molecular formula is C13H10N4O3. The van der Waals surface area contributed by atoms with Gasteiger partial charge in [0, 0.05) is 28.9 Å². The number of nitrogens with one attached hydrogen (secondary N) is 1. The fourth-order valence-electron chi connectivity index (χ4n) is 2.02. The Morgan fingerprint density at radius 1 is 1.45 bits per heavy atom. The number of hydrogen-bond donors (Lipinski definition) is 3. The molecule has 0 aliphatic carbocycles. The molecule has 0 unspecified atom stereocenters. The van der Waals surface area contributed by atoms with Crippen LogP contribution in [0.25, 0.3) is 16.6 Å². The number of benzene rings is 1. The van der Waals surface area contributed by atoms with Gasteiger partial charge in [0.25, 0.3) is 0 Å². The third-order valence-corrected chi connectivity index (χ3v) is 2.99. The maximum absolute atomic E-state index is 10.9. The quantitative estimate of drug-likeness (QED) is 0.384. The number of rotatable bonds is 3. The summed E-state index contributed by atoms with van der Waals surface area (Å²) in [6.07, 6.45) is 5.78. The molecule has 0 saturated carbocycles. The van der Waals surface area contributed by atoms with Gasteiger partial charge in [-0.15, -0.1) is 0 Å². The van der Waals surface area contributed by atoms with E-state index in [2.05, 4.69) is 15.2 Å². The number of carboxylic acids is 1. The largest absolute Gasteiger partial charge is 0.478 e. The summed E-state index contributed by atoms with van der Waals surface area (Å²) in [5.74, 6) is -1.02. The molecule has 7 heteroatoms. The van der Waals surface area contributed by atoms with Crippen LogP contribution in [0.3, 0.4) is 0 Å². The van der Waals surface area contributed by atoms with Crippen molar-refractivity contribution in [2.45, 2.75) is 0 Å². The number of oxime groups is 1. The molecule has 3 rings (SSSR count). The third-order valence-electron chi connectivity index (χ3n) is 2.99. The van der Waals surface area contributed by atoms with Crippen molar-refractivity contribution in [1.82, 2.24) is 14.8 Å². The first-order valence-corrected chi connectivity index (χ1v) is 5.76. The number of carbonyl (C=O) groups is 1. The Morgan fingerprint density at radius 3 is 3.00 bits per heavy atom. The number of aromatic carboxylic acids is 1. The number of H-pyrrole nitrogens is 1. The van der Waals surface area contributed by atoms with Gasteiger partial charge in [-0.05, 0) is 18.2 Å². The highest BCUT2D eigenvalue weighted by atomic mass is 16.4. The van der Waals surface area contributed by atoms with Gasteiger partial charge in [0.2, 0.25) is 0 Å². The summed E-state index contributed by atoms with van der Waals surface area (Å²) in [7, 11) is 0. The lowest BCUT2D eigenvalue weighted by molar-refractivity contribution is 0.0697. The van der Waals surface area contributed by atoms with E-state index in [0.29, 0.717) is 0 Å². The Hall–Kier alpha value is -3.09. The molecule has 0 radical (unpaired) electrons. The summed E-state index contributed by atoms with van der Waals surface area (Å²) < 4.78 is 1.48. The van der Waals surface area contributed by atoms with Crippen molar-refractivity contribution in [2.24, 2.45) is 5.16 Å². The molecule has 0 amide bonds. The van der Waals surface area contributed by atoms with Crippen LogP contribution in [-0.2, 0) is 0 Å². The van der Waals surface area contributed by atoms with Gasteiger partial charge in [0.15, 0.2) is 0 Å². The molecule has 2 aromatic heterocycles. The van der Waals surface area contributed by atoms with E-state index < -0.39 is 5.97 Å². The first kappa shape index (κ1) is 12.0. The Bertz CT molecular complexity index is 816. The van der Waals surface area contributed by atoms with Crippen molar-refractivity contribution >= 4 is 23.1 Å². The zero-order valence-corrected chi connectivity index (χ0v) is 10.2. The van der Waals surface area contributed by atoms with E-state index in [9.17, 15) is 4.79 Å². The summed E-state index contributed by atoms with van der Waals surface area (Å²) in [6, 6.07) is 5.50. The van der Waals surface area contributed by atoms with E-state index in [1.165, 1.54) is 23.3 Å². The fourth-order valence-corrected chi connectivity index (χ4v) is 2.02. The zero-order valence-electron chi connectivity index (χ0n) is 10.2. The fraction of sp³-hybridized carbons (Fsp3) is 0. The minimum atomic E-state index is -1.02. The molecule has 0 atom stereocenters. The molecule has 3 aromatic rings. The molecule has 2 heterocycles. The van der Waals surface area contributed by atoms with Gasteiger partial charge in [0.1, 0.15) is 0 Å². The predicted octanol–water partition coefficient (Wildman–Crippen LogP) is 1.86. The minimum Gasteiger partial charge on any atom is -0.478 e. The van der Waals surface area contributed by atoms with Crippen LogP contribution < -0.4 is 0 Å². The Balaban J connectivity index is 2.11. The molecule has 20 heavy (non-hydrogen) atoms. The number of carboxylic acid groups (broad SMARTS) is 1. The van der Waals surface area contributed by atoms with Gasteiger partial charge in [0.05, 0.1) is 23.7 Å². The second-order valence-electron chi connectivity index (χ2n) is 4.20. The highest BCUT2D eigenvalue weighted by Crippen LogP contribution is 2.20. The second-order valence-corrected chi connectivity index (χ2v) is 4.20. The first-order valence-electron chi connectivity index (χ1n) is 5.76. The minimum absolute atomic E-state index is 0.122. The monoisotopic (exact) mass is 270 g/mol. The maximum atomic E-state index is 10.9. The maximum Gasteiger partial charge on any atom is 0.338 e. The molecule has 0 fully saturated rings. The van der Waals surface area contributed by atoms with Gasteiger partial charge >= 0.3 is 5.97 Å². The lowest BCUT2D eigenvalue weighted by Gasteiger charge is -2.01. The topological polar surface area (TPSA) is 104 Å². The van der Waals surface area contributed by atoms with Crippen LogP contribution in [0.5, 0.6) is 0 Å². The first-order chi connectivity index (χ1) is 9.69. The summed E-state index contributed by atoms with van der Waals surface area (Å²) in [4.78, 5) is 13.9. The van der Waals surface area contributed by atoms with Crippen LogP contribution in [0.4, 0.5) is 0 Å². The molecule has 0 saturated heterocycles. The Labute approximate surface area is 112 Å². The smallest absolute Gasteiger partial charge is 0.338 e. The standard InChI is InChI=1S/C13H10N4O3/c18-13(19)9-5-15-17(7-9)10-1-2-12-11(3-10)8(4-14-12)6-16-20/h1-7,14,20H,(H,18,19)/b16-6+. The molecule has 0 aliphatic rings. The summed E-state index contributed by atoms with van der Waals surface area (Å²) in [5.41, 5.74) is 2.46. The molecule has 1 aromatic carbocycles. The number of hydrogen-bond acceptors (Lipinski definition) is 4. The number of fused-ring (bicyclic) bond motifs is 1. The molecule has 0 spiro atoms. The van der Waals surface area contributed by atoms with E-state index in [0.717, 1.165) is 22.2 Å². The number of nitrogens with zero attached hydrogens (tertiary/aromatic N) is 3. The van der Waals surface area contributed by atoms with Crippen molar-refractivity contribution in [3.05, 3.63) is 47.9 Å². The SMILES string of the molecule is O=C(O)c1cnn(-c2ccc3[nH]cc(/C=N/O)c3c2)c1. The van der Waals surface area contributed by atoms with Gasteiger partial charge in [-0.2, -0.15) is 5.10 Å². The van der Waals surface area contributed by atoms with E-state index in [1.807, 2.05) is 18.2 Å². The van der Waals surface area contributed by atoms with Crippen LogP contribution in [0.15, 0.2) is 41.9 Å². The van der Waals surface area contributed by atoms with Crippen molar-refractivity contribution in [2.75, 3.05) is 0 Å². The lowest BCUT2D eigenvalue weighted by atomic mass is 10.1. The van der Waals surface area contributed by atoms with Gasteiger partial charge in [-0.25, -0.2) is 9.48 Å². The molecule has 3 N–H and O–H groups in total. The van der Waals surface area contributed by atoms with Crippen LogP contribution >= 0.6 is 0 Å². The van der Waals surface area contributed by atoms with Crippen LogP contribution in [0, 0.1) is 0 Å². The molecule has 0 bridgehead atoms. The number of aromatic nitrogens is 3. The van der Waals surface area contributed by atoms with Crippen molar-refractivity contribution in [1.29, 1.82) is 0 Å². The molecular weight excluding hydrogens is 260 g/mol. The van der Waals surface area contributed by atoms with Crippen LogP contribution in [-0.4, -0.2) is 37.3 Å². The summed E-state index contributed by atoms with van der Waals surface area (Å²) in [5, 5.41) is 25.4. The van der Waals surface area contributed by atoms with E-state index in [4.69, 9.17) is 10.3 Å². The number of aromatic amines is 1. The van der Waals surface area contributed by atoms with Crippen LogP contribution in [0.2, 0.25) is 0 Å². The summed E-state index contributed by atoms with van der Waals surface area (Å²) >= 11 is 0.